The first-order valence-corrected chi connectivity index (χ1v) is 10.0. The van der Waals surface area contributed by atoms with E-state index in [1.807, 2.05) is 6.07 Å². The third-order valence-electron chi connectivity index (χ3n) is 4.47. The van der Waals surface area contributed by atoms with Crippen molar-refractivity contribution >= 4 is 40.6 Å². The summed E-state index contributed by atoms with van der Waals surface area (Å²) in [6.07, 6.45) is 2.87. The number of rotatable bonds is 5. The maximum absolute atomic E-state index is 13.4. The average molecular weight is 394 g/mol. The number of carbonyl (C=O) groups is 1. The Balaban J connectivity index is 2.10. The molecular formula is C20H21ClFNO2S. The highest BCUT2D eigenvalue weighted by Gasteiger charge is 2.32. The van der Waals surface area contributed by atoms with Crippen molar-refractivity contribution < 1.29 is 13.9 Å². The van der Waals surface area contributed by atoms with E-state index in [1.165, 1.54) is 12.1 Å². The van der Waals surface area contributed by atoms with Gasteiger partial charge in [-0.3, -0.25) is 9.69 Å². The number of nitrogens with zero attached hydrogens (tertiary/aromatic N) is 1. The zero-order valence-corrected chi connectivity index (χ0v) is 16.4. The molecule has 26 heavy (non-hydrogen) atoms. The van der Waals surface area contributed by atoms with Crippen molar-refractivity contribution in [1.29, 1.82) is 0 Å². The van der Waals surface area contributed by atoms with Crippen molar-refractivity contribution in [2.24, 2.45) is 5.92 Å². The minimum Gasteiger partial charge on any atom is -0.495 e. The second kappa shape index (κ2) is 8.31. The van der Waals surface area contributed by atoms with Crippen LogP contribution in [-0.2, 0) is 4.79 Å². The van der Waals surface area contributed by atoms with Gasteiger partial charge in [0, 0.05) is 22.3 Å². The number of halogens is 2. The third kappa shape index (κ3) is 3.84. The van der Waals surface area contributed by atoms with Gasteiger partial charge in [-0.25, -0.2) is 4.39 Å². The molecule has 1 unspecified atom stereocenters. The van der Waals surface area contributed by atoms with Gasteiger partial charge in [0.15, 0.2) is 0 Å². The Kier molecular flexibility index (Phi) is 6.09. The third-order valence-corrected chi connectivity index (χ3v) is 5.98. The molecule has 6 heteroatoms. The molecule has 0 N–H and O–H groups in total. The number of hydrogen-bond donors (Lipinski definition) is 0. The first-order valence-electron chi connectivity index (χ1n) is 8.65. The van der Waals surface area contributed by atoms with E-state index in [9.17, 15) is 9.18 Å². The Hall–Kier alpha value is -1.72. The number of anilines is 2. The summed E-state index contributed by atoms with van der Waals surface area (Å²) in [5.41, 5.74) is 1.36. The van der Waals surface area contributed by atoms with E-state index < -0.39 is 0 Å². The van der Waals surface area contributed by atoms with Gasteiger partial charge >= 0.3 is 0 Å². The average Bonchev–Trinajstić information content (AvgIpc) is 2.76. The number of benzene rings is 2. The predicted octanol–water partition coefficient (Wildman–Crippen LogP) is 6.06. The Morgan fingerprint density at radius 2 is 2.04 bits per heavy atom. The number of amides is 1. The first kappa shape index (κ1) is 19.1. The van der Waals surface area contributed by atoms with Crippen LogP contribution in [0.25, 0.3) is 0 Å². The smallest absolute Gasteiger partial charge is 0.235 e. The van der Waals surface area contributed by atoms with Crippen LogP contribution in [0.3, 0.4) is 0 Å². The highest BCUT2D eigenvalue weighted by Crippen LogP contribution is 2.45. The lowest BCUT2D eigenvalue weighted by atomic mass is 10.0. The second-order valence-corrected chi connectivity index (χ2v) is 7.72. The van der Waals surface area contributed by atoms with Crippen LogP contribution in [0.5, 0.6) is 5.75 Å². The topological polar surface area (TPSA) is 29.5 Å². The van der Waals surface area contributed by atoms with Gasteiger partial charge in [0.05, 0.1) is 17.8 Å². The fraction of sp³-hybridized carbons (Fsp3) is 0.350. The molecule has 0 saturated heterocycles. The molecular weight excluding hydrogens is 373 g/mol. The van der Waals surface area contributed by atoms with Gasteiger partial charge in [0.25, 0.3) is 0 Å². The van der Waals surface area contributed by atoms with E-state index in [-0.39, 0.29) is 17.6 Å². The fourth-order valence-corrected chi connectivity index (χ4v) is 4.46. The van der Waals surface area contributed by atoms with E-state index in [1.54, 1.807) is 42.0 Å². The van der Waals surface area contributed by atoms with Crippen LogP contribution in [0.15, 0.2) is 41.3 Å². The molecule has 1 atom stereocenters. The molecule has 2 aromatic carbocycles. The lowest BCUT2D eigenvalue weighted by Gasteiger charge is -2.26. The fourth-order valence-electron chi connectivity index (χ4n) is 3.05. The van der Waals surface area contributed by atoms with Gasteiger partial charge < -0.3 is 4.74 Å². The van der Waals surface area contributed by atoms with Crippen molar-refractivity contribution in [1.82, 2.24) is 0 Å². The number of ether oxygens (including phenoxy) is 1. The minimum absolute atomic E-state index is 0.0255. The number of methoxy groups -OCH3 is 1. The maximum Gasteiger partial charge on any atom is 0.235 e. The lowest BCUT2D eigenvalue weighted by molar-refractivity contribution is -0.121. The summed E-state index contributed by atoms with van der Waals surface area (Å²) in [4.78, 5) is 15.9. The number of hydrogen-bond acceptors (Lipinski definition) is 3. The number of thioether (sulfide) groups is 1. The lowest BCUT2D eigenvalue weighted by Crippen LogP contribution is -2.32. The quantitative estimate of drug-likeness (QED) is 0.617. The van der Waals surface area contributed by atoms with Crippen LogP contribution in [0.4, 0.5) is 15.8 Å². The molecule has 1 aliphatic rings. The van der Waals surface area contributed by atoms with Gasteiger partial charge in [-0.1, -0.05) is 31.4 Å². The standard InChI is InChI=1S/C20H21ClFNO2S/c1-3-4-5-13-12-26-19-11-18(25-2)16(21)10-17(19)23(20(13)24)15-8-6-14(22)7-9-15/h6-11,13H,3-5,12H2,1-2H3. The summed E-state index contributed by atoms with van der Waals surface area (Å²) in [5.74, 6) is 0.881. The highest BCUT2D eigenvalue weighted by atomic mass is 35.5. The Labute approximate surface area is 162 Å². The Morgan fingerprint density at radius 3 is 2.69 bits per heavy atom. The number of unbranched alkanes of at least 4 members (excludes halogenated alkanes) is 1. The molecule has 0 bridgehead atoms. The summed E-state index contributed by atoms with van der Waals surface area (Å²) >= 11 is 7.96. The van der Waals surface area contributed by atoms with Gasteiger partial charge in [0.1, 0.15) is 11.6 Å². The molecule has 0 aromatic heterocycles. The summed E-state index contributed by atoms with van der Waals surface area (Å²) in [7, 11) is 1.57. The Bertz CT molecular complexity index is 797. The van der Waals surface area contributed by atoms with Crippen LogP contribution in [-0.4, -0.2) is 18.8 Å². The van der Waals surface area contributed by atoms with E-state index in [0.717, 1.165) is 29.8 Å². The molecule has 0 aliphatic carbocycles. The van der Waals surface area contributed by atoms with Crippen LogP contribution >= 0.6 is 23.4 Å². The van der Waals surface area contributed by atoms with Gasteiger partial charge in [-0.2, -0.15) is 0 Å². The van der Waals surface area contributed by atoms with Gasteiger partial charge in [-0.05, 0) is 42.8 Å². The molecule has 1 aliphatic heterocycles. The van der Waals surface area contributed by atoms with Crippen molar-refractivity contribution in [3.05, 3.63) is 47.2 Å². The molecule has 3 nitrogen and oxygen atoms in total. The van der Waals surface area contributed by atoms with Crippen molar-refractivity contribution in [2.45, 2.75) is 31.1 Å². The molecule has 0 radical (unpaired) electrons. The molecule has 3 rings (SSSR count). The van der Waals surface area contributed by atoms with Gasteiger partial charge in [-0.15, -0.1) is 11.8 Å². The number of fused-ring (bicyclic) bond motifs is 1. The first-order chi connectivity index (χ1) is 12.5. The largest absolute Gasteiger partial charge is 0.495 e. The maximum atomic E-state index is 13.4. The van der Waals surface area contributed by atoms with E-state index in [2.05, 4.69) is 6.92 Å². The zero-order chi connectivity index (χ0) is 18.7. The molecule has 0 spiro atoms. The molecule has 2 aromatic rings. The summed E-state index contributed by atoms with van der Waals surface area (Å²) in [5, 5.41) is 0.443. The summed E-state index contributed by atoms with van der Waals surface area (Å²) < 4.78 is 18.7. The molecule has 1 amide bonds. The summed E-state index contributed by atoms with van der Waals surface area (Å²) in [6.45, 7) is 2.12. The van der Waals surface area contributed by atoms with E-state index in [0.29, 0.717) is 22.2 Å². The Morgan fingerprint density at radius 1 is 1.31 bits per heavy atom. The normalized spacial score (nSPS) is 17.0. The van der Waals surface area contributed by atoms with Crippen molar-refractivity contribution in [3.63, 3.8) is 0 Å². The van der Waals surface area contributed by atoms with Gasteiger partial charge in [0.2, 0.25) is 5.91 Å². The summed E-state index contributed by atoms with van der Waals surface area (Å²) in [6, 6.07) is 9.61. The number of carbonyl (C=O) groups excluding carboxylic acids is 1. The SMILES string of the molecule is CCCCC1CSc2cc(OC)c(Cl)cc2N(c2ccc(F)cc2)C1=O. The highest BCUT2D eigenvalue weighted by molar-refractivity contribution is 7.99. The molecule has 0 saturated carbocycles. The van der Waals surface area contributed by atoms with Crippen LogP contribution in [0.1, 0.15) is 26.2 Å². The van der Waals surface area contributed by atoms with Crippen LogP contribution in [0.2, 0.25) is 5.02 Å². The van der Waals surface area contributed by atoms with E-state index in [4.69, 9.17) is 16.3 Å². The van der Waals surface area contributed by atoms with E-state index >= 15 is 0 Å². The molecule has 138 valence electrons. The monoisotopic (exact) mass is 393 g/mol. The predicted molar refractivity (Wildman–Crippen MR) is 105 cm³/mol. The van der Waals surface area contributed by atoms with Crippen molar-refractivity contribution in [3.8, 4) is 5.75 Å². The molecule has 0 fully saturated rings. The second-order valence-electron chi connectivity index (χ2n) is 6.25. The molecule has 1 heterocycles. The van der Waals surface area contributed by atoms with Crippen LogP contribution < -0.4 is 9.64 Å². The van der Waals surface area contributed by atoms with Crippen molar-refractivity contribution in [2.75, 3.05) is 17.8 Å². The van der Waals surface area contributed by atoms with Crippen LogP contribution in [0, 0.1) is 11.7 Å². The minimum atomic E-state index is -0.332. The zero-order valence-electron chi connectivity index (χ0n) is 14.8.